The van der Waals surface area contributed by atoms with Crippen molar-refractivity contribution < 1.29 is 14.3 Å². The summed E-state index contributed by atoms with van der Waals surface area (Å²) >= 11 is 6.01. The predicted molar refractivity (Wildman–Crippen MR) is 146 cm³/mol. The number of hydrogen-bond donors (Lipinski definition) is 2. The van der Waals surface area contributed by atoms with Crippen LogP contribution in [0.15, 0.2) is 42.5 Å². The van der Waals surface area contributed by atoms with Gasteiger partial charge in [-0.05, 0) is 73.2 Å². The average molecular weight is 509 g/mol. The van der Waals surface area contributed by atoms with Crippen LogP contribution in [0.2, 0.25) is 5.02 Å². The van der Waals surface area contributed by atoms with Crippen molar-refractivity contribution in [3.63, 3.8) is 0 Å². The predicted octanol–water partition coefficient (Wildman–Crippen LogP) is 6.04. The van der Waals surface area contributed by atoms with Gasteiger partial charge in [0, 0.05) is 42.0 Å². The fourth-order valence-corrected chi connectivity index (χ4v) is 5.08. The fraction of sp³-hybridized carbons (Fsp3) is 0.393. The summed E-state index contributed by atoms with van der Waals surface area (Å²) in [6, 6.07) is 12.8. The number of ether oxygens (including phenoxy) is 1. The number of piperidine rings is 1. The van der Waals surface area contributed by atoms with Crippen LogP contribution in [0.4, 0.5) is 17.2 Å². The highest BCUT2D eigenvalue weighted by molar-refractivity contribution is 6.31. The highest BCUT2D eigenvalue weighted by Crippen LogP contribution is 2.30. The van der Waals surface area contributed by atoms with Crippen molar-refractivity contribution in [1.29, 1.82) is 0 Å². The number of rotatable bonds is 7. The number of amides is 2. The van der Waals surface area contributed by atoms with E-state index >= 15 is 0 Å². The van der Waals surface area contributed by atoms with E-state index in [0.717, 1.165) is 35.4 Å². The van der Waals surface area contributed by atoms with E-state index < -0.39 is 0 Å². The highest BCUT2D eigenvalue weighted by atomic mass is 35.5. The number of aryl methyl sites for hydroxylation is 1. The lowest BCUT2D eigenvalue weighted by atomic mass is 9.92. The maximum absolute atomic E-state index is 12.5. The molecule has 1 saturated heterocycles. The zero-order valence-electron chi connectivity index (χ0n) is 21.2. The third-order valence-corrected chi connectivity index (χ3v) is 6.73. The average Bonchev–Trinajstić information content (AvgIpc) is 2.82. The van der Waals surface area contributed by atoms with E-state index in [9.17, 15) is 9.59 Å². The second kappa shape index (κ2) is 11.2. The van der Waals surface area contributed by atoms with Crippen molar-refractivity contribution in [2.24, 2.45) is 11.8 Å². The van der Waals surface area contributed by atoms with E-state index in [1.807, 2.05) is 18.2 Å². The molecule has 0 spiro atoms. The molecule has 0 radical (unpaired) electrons. The number of anilines is 3. The van der Waals surface area contributed by atoms with Gasteiger partial charge in [0.25, 0.3) is 0 Å². The Labute approximate surface area is 217 Å². The molecule has 8 heteroatoms. The minimum Gasteiger partial charge on any atom is -0.495 e. The molecule has 3 aromatic rings. The first-order valence-corrected chi connectivity index (χ1v) is 12.7. The number of halogens is 1. The molecule has 0 bridgehead atoms. The summed E-state index contributed by atoms with van der Waals surface area (Å²) in [5.74, 6) is 2.29. The van der Waals surface area contributed by atoms with Gasteiger partial charge in [-0.1, -0.05) is 25.4 Å². The normalized spacial score (nSPS) is 17.6. The number of hydrogen-bond acceptors (Lipinski definition) is 5. The van der Waals surface area contributed by atoms with Gasteiger partial charge < -0.3 is 20.3 Å². The van der Waals surface area contributed by atoms with Gasteiger partial charge in [0.1, 0.15) is 11.6 Å². The molecule has 2 atom stereocenters. The number of fused-ring (bicyclic) bond motifs is 1. The van der Waals surface area contributed by atoms with Gasteiger partial charge in [-0.25, -0.2) is 4.98 Å². The molecule has 7 nitrogen and oxygen atoms in total. The van der Waals surface area contributed by atoms with Crippen molar-refractivity contribution in [2.75, 3.05) is 35.7 Å². The molecule has 2 amide bonds. The lowest BCUT2D eigenvalue weighted by Crippen LogP contribution is -2.39. The van der Waals surface area contributed by atoms with Crippen LogP contribution in [0.25, 0.3) is 10.9 Å². The van der Waals surface area contributed by atoms with Crippen LogP contribution in [0, 0.1) is 18.8 Å². The Balaban J connectivity index is 1.38. The molecule has 1 aliphatic heterocycles. The smallest absolute Gasteiger partial charge is 0.224 e. The standard InChI is InChI=1S/C28H33ClN4O3/c1-17-11-18(2)16-33(15-17)26-12-19(3)22-14-21(6-7-23(22)31-26)30-27(34)9-10-28(35)32-24-13-20(29)5-8-25(24)36-4/h5-8,12-14,17-18H,9-11,15-16H2,1-4H3,(H,30,34)(H,32,35)/t17-,18-/m1/s1. The Morgan fingerprint density at radius 3 is 2.42 bits per heavy atom. The van der Waals surface area contributed by atoms with Crippen molar-refractivity contribution in [3.05, 3.63) is 53.1 Å². The first-order chi connectivity index (χ1) is 17.2. The first kappa shape index (κ1) is 25.8. The van der Waals surface area contributed by atoms with Crippen LogP contribution >= 0.6 is 11.6 Å². The third kappa shape index (κ3) is 6.26. The molecule has 190 valence electrons. The molecule has 1 aliphatic rings. The van der Waals surface area contributed by atoms with E-state index in [1.54, 1.807) is 18.2 Å². The van der Waals surface area contributed by atoms with Gasteiger partial charge in [-0.15, -0.1) is 0 Å². The van der Waals surface area contributed by atoms with E-state index in [2.05, 4.69) is 42.4 Å². The maximum Gasteiger partial charge on any atom is 0.224 e. The zero-order chi connectivity index (χ0) is 25.8. The highest BCUT2D eigenvalue weighted by Gasteiger charge is 2.23. The summed E-state index contributed by atoms with van der Waals surface area (Å²) in [6.45, 7) is 8.71. The van der Waals surface area contributed by atoms with E-state index in [1.165, 1.54) is 13.5 Å². The molecule has 0 saturated carbocycles. The topological polar surface area (TPSA) is 83.6 Å². The van der Waals surface area contributed by atoms with Crippen LogP contribution in [0.3, 0.4) is 0 Å². The van der Waals surface area contributed by atoms with Crippen molar-refractivity contribution in [1.82, 2.24) is 4.98 Å². The second-order valence-electron chi connectivity index (χ2n) is 9.82. The molecule has 36 heavy (non-hydrogen) atoms. The van der Waals surface area contributed by atoms with Crippen LogP contribution < -0.4 is 20.3 Å². The van der Waals surface area contributed by atoms with Gasteiger partial charge in [0.05, 0.1) is 18.3 Å². The Bertz CT molecular complexity index is 1270. The molecule has 1 aromatic heterocycles. The minimum atomic E-state index is -0.293. The van der Waals surface area contributed by atoms with Gasteiger partial charge in [-0.2, -0.15) is 0 Å². The molecular weight excluding hydrogens is 476 g/mol. The number of nitrogens with one attached hydrogen (secondary N) is 2. The Morgan fingerprint density at radius 1 is 1.03 bits per heavy atom. The number of nitrogens with zero attached hydrogens (tertiary/aromatic N) is 2. The van der Waals surface area contributed by atoms with Crippen molar-refractivity contribution in [3.8, 4) is 5.75 Å². The van der Waals surface area contributed by atoms with Crippen molar-refractivity contribution in [2.45, 2.75) is 40.0 Å². The number of methoxy groups -OCH3 is 1. The summed E-state index contributed by atoms with van der Waals surface area (Å²) in [6.07, 6.45) is 1.34. The van der Waals surface area contributed by atoms with Crippen LogP contribution in [-0.4, -0.2) is 37.0 Å². The third-order valence-electron chi connectivity index (χ3n) is 6.49. The Hall–Kier alpha value is -3.32. The summed E-state index contributed by atoms with van der Waals surface area (Å²) in [5.41, 5.74) is 3.18. The molecule has 2 N–H and O–H groups in total. The largest absolute Gasteiger partial charge is 0.495 e. The van der Waals surface area contributed by atoms with E-state index in [-0.39, 0.29) is 24.7 Å². The summed E-state index contributed by atoms with van der Waals surface area (Å²) in [5, 5.41) is 7.13. The van der Waals surface area contributed by atoms with Crippen LogP contribution in [0.1, 0.15) is 38.7 Å². The molecule has 0 aliphatic carbocycles. The maximum atomic E-state index is 12.5. The molecule has 2 aromatic carbocycles. The quantitative estimate of drug-likeness (QED) is 0.406. The number of carbonyl (C=O) groups is 2. The first-order valence-electron chi connectivity index (χ1n) is 12.3. The molecule has 4 rings (SSSR count). The fourth-order valence-electron chi connectivity index (χ4n) is 4.91. The van der Waals surface area contributed by atoms with Gasteiger partial charge in [0.2, 0.25) is 11.8 Å². The van der Waals surface area contributed by atoms with Gasteiger partial charge in [0.15, 0.2) is 0 Å². The second-order valence-corrected chi connectivity index (χ2v) is 10.3. The van der Waals surface area contributed by atoms with E-state index in [0.29, 0.717) is 34.0 Å². The number of benzene rings is 2. The van der Waals surface area contributed by atoms with Gasteiger partial charge >= 0.3 is 0 Å². The molecular formula is C28H33ClN4O3. The number of pyridine rings is 1. The number of carbonyl (C=O) groups excluding carboxylic acids is 2. The lowest BCUT2D eigenvalue weighted by molar-refractivity contribution is -0.121. The summed E-state index contributed by atoms with van der Waals surface area (Å²) < 4.78 is 5.24. The SMILES string of the molecule is COc1ccc(Cl)cc1NC(=O)CCC(=O)Nc1ccc2nc(N3C[C@H](C)C[C@@H](C)C3)cc(C)c2c1. The molecule has 2 heterocycles. The van der Waals surface area contributed by atoms with Crippen LogP contribution in [0.5, 0.6) is 5.75 Å². The zero-order valence-corrected chi connectivity index (χ0v) is 22.0. The monoisotopic (exact) mass is 508 g/mol. The summed E-state index contributed by atoms with van der Waals surface area (Å²) in [4.78, 5) is 32.2. The number of aromatic nitrogens is 1. The van der Waals surface area contributed by atoms with Crippen molar-refractivity contribution >= 4 is 51.5 Å². The van der Waals surface area contributed by atoms with E-state index in [4.69, 9.17) is 21.3 Å². The Kier molecular flexibility index (Phi) is 7.99. The molecule has 0 unspecified atom stereocenters. The molecule has 1 fully saturated rings. The van der Waals surface area contributed by atoms with Gasteiger partial charge in [-0.3, -0.25) is 9.59 Å². The summed E-state index contributed by atoms with van der Waals surface area (Å²) in [7, 11) is 1.52. The minimum absolute atomic E-state index is 0.0334. The lowest BCUT2D eigenvalue weighted by Gasteiger charge is -2.36. The van der Waals surface area contributed by atoms with Crippen LogP contribution in [-0.2, 0) is 9.59 Å². The Morgan fingerprint density at radius 2 is 1.72 bits per heavy atom.